The Bertz CT molecular complexity index is 176. The van der Waals surface area contributed by atoms with E-state index < -0.39 is 0 Å². The first-order valence-corrected chi connectivity index (χ1v) is 5.11. The van der Waals surface area contributed by atoms with Crippen LogP contribution in [0.2, 0.25) is 10.3 Å². The van der Waals surface area contributed by atoms with Crippen LogP contribution in [0.25, 0.3) is 0 Å². The number of hydrogen-bond acceptors (Lipinski definition) is 2. The predicted octanol–water partition coefficient (Wildman–Crippen LogP) is 4.14. The lowest BCUT2D eigenvalue weighted by Crippen LogP contribution is -1.86. The number of aromatic nitrogens is 2. The molecule has 4 heteroatoms. The van der Waals surface area contributed by atoms with Crippen LogP contribution < -0.4 is 0 Å². The van der Waals surface area contributed by atoms with Crippen LogP contribution in [0, 0.1) is 6.92 Å². The standard InChI is InChI=1S/C5H4Cl2N2.2C2H6/c1-3-8-4(6)2-5(7)9-3;2*1-2/h2H,1H3;2*1-2H3. The van der Waals surface area contributed by atoms with Gasteiger partial charge >= 0.3 is 0 Å². The Morgan fingerprint density at radius 1 is 0.923 bits per heavy atom. The van der Waals surface area contributed by atoms with Gasteiger partial charge in [-0.3, -0.25) is 0 Å². The van der Waals surface area contributed by atoms with Gasteiger partial charge in [0.1, 0.15) is 16.1 Å². The molecule has 1 aromatic heterocycles. The third-order valence-corrected chi connectivity index (χ3v) is 1.16. The lowest BCUT2D eigenvalue weighted by atomic mass is 10.6. The predicted molar refractivity (Wildman–Crippen MR) is 59.5 cm³/mol. The van der Waals surface area contributed by atoms with Crippen molar-refractivity contribution < 1.29 is 0 Å². The molecule has 0 radical (unpaired) electrons. The second kappa shape index (κ2) is 9.75. The molecule has 0 fully saturated rings. The van der Waals surface area contributed by atoms with Crippen LogP contribution in [0.3, 0.4) is 0 Å². The van der Waals surface area contributed by atoms with Crippen LogP contribution in [0.5, 0.6) is 0 Å². The molecule has 0 saturated carbocycles. The minimum absolute atomic E-state index is 0.382. The van der Waals surface area contributed by atoms with E-state index in [1.165, 1.54) is 6.07 Å². The van der Waals surface area contributed by atoms with Gasteiger partial charge in [-0.05, 0) is 6.92 Å². The highest BCUT2D eigenvalue weighted by molar-refractivity contribution is 6.33. The fraction of sp³-hybridized carbons (Fsp3) is 0.556. The Balaban J connectivity index is 0. The summed E-state index contributed by atoms with van der Waals surface area (Å²) in [7, 11) is 0. The Hall–Kier alpha value is -0.340. The molecule has 1 aromatic rings. The number of halogens is 2. The maximum absolute atomic E-state index is 5.51. The molecule has 2 nitrogen and oxygen atoms in total. The molecule has 0 aromatic carbocycles. The lowest BCUT2D eigenvalue weighted by Gasteiger charge is -1.91. The maximum atomic E-state index is 5.51. The molecular formula is C9H16Cl2N2. The molecule has 0 amide bonds. The van der Waals surface area contributed by atoms with Gasteiger partial charge in [-0.2, -0.15) is 0 Å². The van der Waals surface area contributed by atoms with E-state index in [9.17, 15) is 0 Å². The molecule has 0 aliphatic carbocycles. The van der Waals surface area contributed by atoms with Crippen molar-refractivity contribution in [1.29, 1.82) is 0 Å². The van der Waals surface area contributed by atoms with E-state index in [-0.39, 0.29) is 0 Å². The summed E-state index contributed by atoms with van der Waals surface area (Å²) in [5.74, 6) is 0.590. The summed E-state index contributed by atoms with van der Waals surface area (Å²) in [6.07, 6.45) is 0. The number of aryl methyl sites for hydroxylation is 1. The van der Waals surface area contributed by atoms with Gasteiger partial charge in [-0.15, -0.1) is 0 Å². The summed E-state index contributed by atoms with van der Waals surface area (Å²) in [5.41, 5.74) is 0. The largest absolute Gasteiger partial charge is 0.221 e. The molecule has 0 aliphatic heterocycles. The molecule has 13 heavy (non-hydrogen) atoms. The SMILES string of the molecule is CC.CC.Cc1nc(Cl)cc(Cl)n1. The Kier molecular flexibility index (Phi) is 11.4. The Morgan fingerprint density at radius 3 is 1.46 bits per heavy atom. The van der Waals surface area contributed by atoms with E-state index in [1.807, 2.05) is 27.7 Å². The van der Waals surface area contributed by atoms with Crippen LogP contribution in [0.1, 0.15) is 33.5 Å². The second-order valence-corrected chi connectivity index (χ2v) is 2.34. The molecule has 0 atom stereocenters. The van der Waals surface area contributed by atoms with Gasteiger partial charge in [0.15, 0.2) is 0 Å². The van der Waals surface area contributed by atoms with Crippen molar-refractivity contribution in [2.45, 2.75) is 34.6 Å². The fourth-order valence-corrected chi connectivity index (χ4v) is 1.00. The third kappa shape index (κ3) is 8.00. The van der Waals surface area contributed by atoms with Crippen molar-refractivity contribution in [2.24, 2.45) is 0 Å². The first kappa shape index (κ1) is 15.1. The quantitative estimate of drug-likeness (QED) is 0.617. The minimum atomic E-state index is 0.382. The zero-order valence-electron chi connectivity index (χ0n) is 8.73. The first-order valence-electron chi connectivity index (χ1n) is 4.35. The van der Waals surface area contributed by atoms with Crippen molar-refractivity contribution >= 4 is 23.2 Å². The lowest BCUT2D eigenvalue weighted by molar-refractivity contribution is 1.05. The topological polar surface area (TPSA) is 25.8 Å². The highest BCUT2D eigenvalue weighted by Crippen LogP contribution is 2.10. The van der Waals surface area contributed by atoms with Crippen molar-refractivity contribution in [3.63, 3.8) is 0 Å². The first-order chi connectivity index (χ1) is 6.18. The van der Waals surface area contributed by atoms with E-state index in [1.54, 1.807) is 6.92 Å². The summed E-state index contributed by atoms with van der Waals surface area (Å²) >= 11 is 11.0. The second-order valence-electron chi connectivity index (χ2n) is 1.56. The van der Waals surface area contributed by atoms with E-state index in [2.05, 4.69) is 9.97 Å². The average molecular weight is 223 g/mol. The average Bonchev–Trinajstić information content (AvgIpc) is 2.09. The molecule has 0 aliphatic rings. The van der Waals surface area contributed by atoms with Crippen LogP contribution in [0.15, 0.2) is 6.07 Å². The Labute approximate surface area is 90.3 Å². The molecule has 1 rings (SSSR count). The molecule has 76 valence electrons. The third-order valence-electron chi connectivity index (χ3n) is 0.775. The van der Waals surface area contributed by atoms with Gasteiger partial charge in [0.05, 0.1) is 0 Å². The molecule has 0 unspecified atom stereocenters. The van der Waals surface area contributed by atoms with E-state index in [0.717, 1.165) is 0 Å². The highest BCUT2D eigenvalue weighted by atomic mass is 35.5. The molecule has 0 spiro atoms. The normalized spacial score (nSPS) is 7.62. The molecule has 1 heterocycles. The van der Waals surface area contributed by atoms with Crippen molar-refractivity contribution in [3.05, 3.63) is 22.2 Å². The van der Waals surface area contributed by atoms with Gasteiger partial charge in [0.25, 0.3) is 0 Å². The molecular weight excluding hydrogens is 207 g/mol. The summed E-state index contributed by atoms with van der Waals surface area (Å²) in [5, 5.41) is 0.764. The van der Waals surface area contributed by atoms with Gasteiger partial charge in [-0.25, -0.2) is 9.97 Å². The summed E-state index contributed by atoms with van der Waals surface area (Å²) < 4.78 is 0. The zero-order valence-corrected chi connectivity index (χ0v) is 10.2. The summed E-state index contributed by atoms with van der Waals surface area (Å²) in [6, 6.07) is 1.50. The monoisotopic (exact) mass is 222 g/mol. The number of rotatable bonds is 0. The van der Waals surface area contributed by atoms with Crippen LogP contribution in [0.4, 0.5) is 0 Å². The minimum Gasteiger partial charge on any atom is -0.221 e. The Morgan fingerprint density at radius 2 is 1.23 bits per heavy atom. The van der Waals surface area contributed by atoms with Gasteiger partial charge in [0, 0.05) is 6.07 Å². The number of nitrogens with zero attached hydrogens (tertiary/aromatic N) is 2. The van der Waals surface area contributed by atoms with E-state index in [4.69, 9.17) is 23.2 Å². The molecule has 0 N–H and O–H groups in total. The zero-order chi connectivity index (χ0) is 10.9. The molecule has 0 bridgehead atoms. The van der Waals surface area contributed by atoms with Gasteiger partial charge in [-0.1, -0.05) is 50.9 Å². The highest BCUT2D eigenvalue weighted by Gasteiger charge is 1.94. The fourth-order valence-electron chi connectivity index (χ4n) is 0.497. The number of hydrogen-bond donors (Lipinski definition) is 0. The molecule has 0 saturated heterocycles. The van der Waals surface area contributed by atoms with Gasteiger partial charge in [0.2, 0.25) is 0 Å². The van der Waals surface area contributed by atoms with E-state index in [0.29, 0.717) is 16.1 Å². The van der Waals surface area contributed by atoms with Crippen LogP contribution >= 0.6 is 23.2 Å². The maximum Gasteiger partial charge on any atom is 0.134 e. The summed E-state index contributed by atoms with van der Waals surface area (Å²) in [6.45, 7) is 9.73. The van der Waals surface area contributed by atoms with Gasteiger partial charge < -0.3 is 0 Å². The van der Waals surface area contributed by atoms with Crippen LogP contribution in [-0.2, 0) is 0 Å². The van der Waals surface area contributed by atoms with Crippen molar-refractivity contribution in [1.82, 2.24) is 9.97 Å². The summed E-state index contributed by atoms with van der Waals surface area (Å²) in [4.78, 5) is 7.61. The van der Waals surface area contributed by atoms with Crippen molar-refractivity contribution in [3.8, 4) is 0 Å². The van der Waals surface area contributed by atoms with Crippen LogP contribution in [-0.4, -0.2) is 9.97 Å². The van der Waals surface area contributed by atoms with E-state index >= 15 is 0 Å². The smallest absolute Gasteiger partial charge is 0.134 e. The van der Waals surface area contributed by atoms with Crippen molar-refractivity contribution in [2.75, 3.05) is 0 Å².